The number of hydrogen-bond donors (Lipinski definition) is 0. The molecule has 0 bridgehead atoms. The normalized spacial score (nSPS) is 16.4. The van der Waals surface area contributed by atoms with Crippen molar-refractivity contribution in [3.05, 3.63) is 220 Å². The molecule has 1 unspecified atom stereocenters. The summed E-state index contributed by atoms with van der Waals surface area (Å²) in [5, 5.41) is 6.10. The predicted octanol–water partition coefficient (Wildman–Crippen LogP) is 10.7. The number of rotatable bonds is 5. The van der Waals surface area contributed by atoms with Crippen LogP contribution in [0, 0.1) is 0 Å². The second-order valence-electron chi connectivity index (χ2n) is 14.4. The van der Waals surface area contributed by atoms with Gasteiger partial charge < -0.3 is 4.57 Å². The molecule has 2 aliphatic rings. The van der Waals surface area contributed by atoms with Crippen LogP contribution in [0.4, 0.5) is 0 Å². The maximum Gasteiger partial charge on any atom is 0.263 e. The lowest BCUT2D eigenvalue weighted by Gasteiger charge is -2.46. The molecule has 0 saturated heterocycles. The van der Waals surface area contributed by atoms with Gasteiger partial charge in [0.05, 0.1) is 33.2 Å². The van der Waals surface area contributed by atoms with E-state index >= 15 is 4.79 Å². The summed E-state index contributed by atoms with van der Waals surface area (Å²) in [6.45, 7) is 12.6. The van der Waals surface area contributed by atoms with Gasteiger partial charge in [-0.25, -0.2) is 0 Å². The highest BCUT2D eigenvalue weighted by Crippen LogP contribution is 2.57. The van der Waals surface area contributed by atoms with Crippen molar-refractivity contribution in [1.82, 2.24) is 9.13 Å². The first-order valence-electron chi connectivity index (χ1n) is 18.9. The average molecular weight is 707 g/mol. The Bertz CT molecular complexity index is 3220. The van der Waals surface area contributed by atoms with Gasteiger partial charge in [0.2, 0.25) is 0 Å². The SMILES string of the molecule is C=C/C=c1\c(=C/C)c2cccc3c2n1-c1ccccc1C31c2cc(-c3ccccc3)ccc2-n2c(=O)c3ccccc3c3cc(/C(C=C)=C/C=C\C)cc1c32. The van der Waals surface area contributed by atoms with Gasteiger partial charge in [-0.1, -0.05) is 141 Å². The molecule has 1 spiro atoms. The molecule has 0 amide bonds. The number of pyridine rings is 1. The van der Waals surface area contributed by atoms with Gasteiger partial charge in [0.1, 0.15) is 0 Å². The van der Waals surface area contributed by atoms with Crippen LogP contribution in [0.5, 0.6) is 0 Å². The number of fused-ring (bicyclic) bond motifs is 10. The molecule has 0 fully saturated rings. The molecular formula is C52H38N2O. The highest BCUT2D eigenvalue weighted by Gasteiger charge is 2.50. The van der Waals surface area contributed by atoms with Crippen LogP contribution in [0.1, 0.15) is 41.7 Å². The molecule has 3 nitrogen and oxygen atoms in total. The molecular weight excluding hydrogens is 669 g/mol. The first-order valence-corrected chi connectivity index (χ1v) is 18.9. The van der Waals surface area contributed by atoms with E-state index < -0.39 is 5.41 Å². The third-order valence-corrected chi connectivity index (χ3v) is 11.7. The number of para-hydroxylation sites is 2. The van der Waals surface area contributed by atoms with Crippen LogP contribution in [0.25, 0.3) is 72.8 Å². The summed E-state index contributed by atoms with van der Waals surface area (Å²) in [4.78, 5) is 15.1. The van der Waals surface area contributed by atoms with Crippen molar-refractivity contribution in [3.63, 3.8) is 0 Å². The molecule has 0 saturated carbocycles. The minimum atomic E-state index is -0.822. The molecule has 2 aromatic heterocycles. The van der Waals surface area contributed by atoms with Gasteiger partial charge in [-0.3, -0.25) is 9.36 Å². The van der Waals surface area contributed by atoms with Crippen molar-refractivity contribution in [3.8, 4) is 22.5 Å². The molecule has 2 aliphatic heterocycles. The number of nitrogens with zero attached hydrogens (tertiary/aromatic N) is 2. The van der Waals surface area contributed by atoms with Gasteiger partial charge >= 0.3 is 0 Å². The molecule has 0 radical (unpaired) electrons. The second kappa shape index (κ2) is 12.3. The Balaban J connectivity index is 1.53. The topological polar surface area (TPSA) is 26.9 Å². The fourth-order valence-electron chi connectivity index (χ4n) is 9.58. The van der Waals surface area contributed by atoms with Gasteiger partial charge in [-0.2, -0.15) is 0 Å². The Kier molecular flexibility index (Phi) is 7.30. The summed E-state index contributed by atoms with van der Waals surface area (Å²) in [5.74, 6) is 0. The first kappa shape index (κ1) is 32.7. The Labute approximate surface area is 319 Å². The lowest BCUT2D eigenvalue weighted by atomic mass is 9.60. The van der Waals surface area contributed by atoms with E-state index in [1.807, 2.05) is 47.9 Å². The van der Waals surface area contributed by atoms with Gasteiger partial charge in [0.15, 0.2) is 0 Å². The lowest BCUT2D eigenvalue weighted by Crippen LogP contribution is -2.42. The largest absolute Gasteiger partial charge is 0.309 e. The van der Waals surface area contributed by atoms with Crippen LogP contribution >= 0.6 is 0 Å². The van der Waals surface area contributed by atoms with Gasteiger partial charge in [0.25, 0.3) is 5.56 Å². The Morgan fingerprint density at radius 2 is 1.33 bits per heavy atom. The number of aromatic nitrogens is 2. The van der Waals surface area contributed by atoms with Crippen LogP contribution in [0.3, 0.4) is 0 Å². The van der Waals surface area contributed by atoms with Gasteiger partial charge in [-0.15, -0.1) is 0 Å². The van der Waals surface area contributed by atoms with E-state index in [-0.39, 0.29) is 5.56 Å². The molecule has 0 N–H and O–H groups in total. The van der Waals surface area contributed by atoms with Crippen LogP contribution in [-0.2, 0) is 5.41 Å². The van der Waals surface area contributed by atoms with Gasteiger partial charge in [-0.05, 0) is 106 Å². The van der Waals surface area contributed by atoms with E-state index in [9.17, 15) is 0 Å². The summed E-state index contributed by atoms with van der Waals surface area (Å²) >= 11 is 0. The van der Waals surface area contributed by atoms with Crippen LogP contribution < -0.4 is 16.1 Å². The molecule has 55 heavy (non-hydrogen) atoms. The van der Waals surface area contributed by atoms with Crippen LogP contribution in [0.15, 0.2) is 176 Å². The summed E-state index contributed by atoms with van der Waals surface area (Å²) in [6.07, 6.45) is 14.4. The summed E-state index contributed by atoms with van der Waals surface area (Å²) < 4.78 is 4.42. The average Bonchev–Trinajstić information content (AvgIpc) is 3.56. The zero-order valence-corrected chi connectivity index (χ0v) is 30.9. The van der Waals surface area contributed by atoms with Crippen molar-refractivity contribution in [1.29, 1.82) is 0 Å². The van der Waals surface area contributed by atoms with Crippen molar-refractivity contribution >= 4 is 50.3 Å². The molecule has 8 aromatic rings. The molecule has 6 aromatic carbocycles. The van der Waals surface area contributed by atoms with E-state index in [2.05, 4.69) is 158 Å². The third-order valence-electron chi connectivity index (χ3n) is 11.7. The summed E-state index contributed by atoms with van der Waals surface area (Å²) in [5.41, 5.74) is 12.0. The standard InChI is InChI=1S/C52H38N2O/c1-5-9-19-33(7-3)36-30-41-38-22-13-14-23-40(38)51(55)54-48-29-28-35(34-20-11-10-12-21-34)31-44(48)52(45(32-36)50(41)54)42-25-15-16-27-47(42)53-46(18-6-2)37(8-4)39-24-17-26-43(52)49(39)53/h5-32H,2-3H2,1,4H3/b9-5-,33-19+,37-8-,46-18+. The predicted molar refractivity (Wildman–Crippen MR) is 232 cm³/mol. The number of benzene rings is 6. The molecule has 1 atom stereocenters. The Morgan fingerprint density at radius 3 is 2.11 bits per heavy atom. The molecule has 4 heterocycles. The monoisotopic (exact) mass is 706 g/mol. The lowest BCUT2D eigenvalue weighted by molar-refractivity contribution is 0.702. The van der Waals surface area contributed by atoms with E-state index in [1.54, 1.807) is 0 Å². The minimum Gasteiger partial charge on any atom is -0.309 e. The van der Waals surface area contributed by atoms with Crippen LogP contribution in [0.2, 0.25) is 0 Å². The van der Waals surface area contributed by atoms with Gasteiger partial charge in [0, 0.05) is 21.4 Å². The first-order chi connectivity index (χ1) is 27.1. The van der Waals surface area contributed by atoms with E-state index in [4.69, 9.17) is 0 Å². The van der Waals surface area contributed by atoms with E-state index in [1.165, 1.54) is 16.2 Å². The van der Waals surface area contributed by atoms with Crippen molar-refractivity contribution in [2.45, 2.75) is 19.3 Å². The van der Waals surface area contributed by atoms with E-state index in [0.717, 1.165) is 77.5 Å². The Morgan fingerprint density at radius 1 is 0.618 bits per heavy atom. The molecule has 262 valence electrons. The fourth-order valence-corrected chi connectivity index (χ4v) is 9.58. The minimum absolute atomic E-state index is 0.0227. The number of hydrogen-bond acceptors (Lipinski definition) is 1. The third kappa shape index (κ3) is 4.29. The molecule has 3 heteroatoms. The second-order valence-corrected chi connectivity index (χ2v) is 14.4. The zero-order chi connectivity index (χ0) is 37.4. The summed E-state index contributed by atoms with van der Waals surface area (Å²) in [6, 6.07) is 45.5. The Hall–Kier alpha value is -6.97. The van der Waals surface area contributed by atoms with Crippen LogP contribution in [-0.4, -0.2) is 9.13 Å². The zero-order valence-electron chi connectivity index (χ0n) is 30.9. The highest BCUT2D eigenvalue weighted by molar-refractivity contribution is 6.11. The highest BCUT2D eigenvalue weighted by atomic mass is 16.1. The van der Waals surface area contributed by atoms with Crippen molar-refractivity contribution < 1.29 is 0 Å². The fraction of sp³-hybridized carbons (Fsp3) is 0.0577. The maximum atomic E-state index is 15.1. The maximum absolute atomic E-state index is 15.1. The molecule has 10 rings (SSSR count). The quantitative estimate of drug-likeness (QED) is 0.129. The van der Waals surface area contributed by atoms with Crippen molar-refractivity contribution in [2.24, 2.45) is 0 Å². The van der Waals surface area contributed by atoms with Crippen molar-refractivity contribution in [2.75, 3.05) is 0 Å². The summed E-state index contributed by atoms with van der Waals surface area (Å²) in [7, 11) is 0. The van der Waals surface area contributed by atoms with E-state index in [0.29, 0.717) is 5.39 Å². The smallest absolute Gasteiger partial charge is 0.263 e. The molecule has 0 aliphatic carbocycles. The number of allylic oxidation sites excluding steroid dienone is 6.